The van der Waals surface area contributed by atoms with Crippen molar-refractivity contribution in [1.82, 2.24) is 15.1 Å². The molecule has 1 N–H and O–H groups in total. The summed E-state index contributed by atoms with van der Waals surface area (Å²) in [6, 6.07) is 13.9. The van der Waals surface area contributed by atoms with Crippen LogP contribution >= 0.6 is 0 Å². The van der Waals surface area contributed by atoms with Gasteiger partial charge in [0, 0.05) is 38.3 Å². The summed E-state index contributed by atoms with van der Waals surface area (Å²) in [6.45, 7) is 4.59. The summed E-state index contributed by atoms with van der Waals surface area (Å²) in [5.74, 6) is -0.466. The molecule has 0 aliphatic carbocycles. The van der Waals surface area contributed by atoms with Crippen LogP contribution < -0.4 is 10.1 Å². The number of morpholine rings is 1. The van der Waals surface area contributed by atoms with Crippen molar-refractivity contribution in [3.63, 3.8) is 0 Å². The van der Waals surface area contributed by atoms with E-state index in [0.717, 1.165) is 44.0 Å². The van der Waals surface area contributed by atoms with Gasteiger partial charge in [-0.3, -0.25) is 14.6 Å². The third-order valence-corrected chi connectivity index (χ3v) is 5.14. The van der Waals surface area contributed by atoms with Crippen LogP contribution in [0.1, 0.15) is 16.7 Å². The monoisotopic (exact) mass is 451 g/mol. The van der Waals surface area contributed by atoms with Crippen LogP contribution in [0.5, 0.6) is 5.75 Å². The molecule has 1 amide bonds. The summed E-state index contributed by atoms with van der Waals surface area (Å²) < 4.78 is 47.3. The van der Waals surface area contributed by atoms with Gasteiger partial charge >= 0.3 is 6.36 Å². The average molecular weight is 451 g/mol. The number of carbonyl (C=O) groups is 1. The molecule has 1 aliphatic heterocycles. The maximum Gasteiger partial charge on any atom is 0.573 e. The molecule has 0 atom stereocenters. The molecule has 174 valence electrons. The number of benzene rings is 2. The van der Waals surface area contributed by atoms with Crippen LogP contribution in [0.25, 0.3) is 0 Å². The van der Waals surface area contributed by atoms with Gasteiger partial charge in [0.15, 0.2) is 0 Å². The van der Waals surface area contributed by atoms with Gasteiger partial charge in [-0.2, -0.15) is 0 Å². The Kier molecular flexibility index (Phi) is 8.49. The number of hydrogen-bond donors (Lipinski definition) is 1. The summed E-state index contributed by atoms with van der Waals surface area (Å²) in [7, 11) is 1.68. The minimum atomic E-state index is -4.76. The predicted octanol–water partition coefficient (Wildman–Crippen LogP) is 3.17. The molecule has 3 rings (SSSR count). The normalized spacial score (nSPS) is 15.0. The van der Waals surface area contributed by atoms with Gasteiger partial charge in [-0.25, -0.2) is 0 Å². The topological polar surface area (TPSA) is 54.0 Å². The number of halogens is 3. The molecule has 1 heterocycles. The van der Waals surface area contributed by atoms with Crippen molar-refractivity contribution in [2.45, 2.75) is 26.0 Å². The van der Waals surface area contributed by atoms with Gasteiger partial charge in [-0.15, -0.1) is 13.2 Å². The highest BCUT2D eigenvalue weighted by molar-refractivity contribution is 5.78. The van der Waals surface area contributed by atoms with Crippen molar-refractivity contribution in [3.05, 3.63) is 65.2 Å². The van der Waals surface area contributed by atoms with Crippen molar-refractivity contribution >= 4 is 5.91 Å². The standard InChI is InChI=1S/C23H28F3N3O3/c1-28(15-20-8-4-5-9-21(20)32-23(24,25)26)17-22(30)27-14-18-6-2-3-7-19(18)16-29-10-12-31-13-11-29/h2-9H,10-17H2,1H3,(H,27,30). The summed E-state index contributed by atoms with van der Waals surface area (Å²) in [5.41, 5.74) is 2.55. The number of para-hydroxylation sites is 1. The minimum Gasteiger partial charge on any atom is -0.405 e. The van der Waals surface area contributed by atoms with Crippen LogP contribution in [0.2, 0.25) is 0 Å². The Morgan fingerprint density at radius 2 is 1.69 bits per heavy atom. The van der Waals surface area contributed by atoms with E-state index in [-0.39, 0.29) is 24.7 Å². The van der Waals surface area contributed by atoms with Gasteiger partial charge in [0.05, 0.1) is 19.8 Å². The molecule has 32 heavy (non-hydrogen) atoms. The lowest BCUT2D eigenvalue weighted by Gasteiger charge is -2.27. The third-order valence-electron chi connectivity index (χ3n) is 5.14. The summed E-state index contributed by atoms with van der Waals surface area (Å²) in [4.78, 5) is 16.4. The Morgan fingerprint density at radius 1 is 1.06 bits per heavy atom. The second kappa shape index (κ2) is 11.3. The second-order valence-corrected chi connectivity index (χ2v) is 7.76. The Bertz CT molecular complexity index is 886. The fourth-order valence-corrected chi connectivity index (χ4v) is 3.58. The number of carbonyl (C=O) groups excluding carboxylic acids is 1. The van der Waals surface area contributed by atoms with Crippen LogP contribution in [0.15, 0.2) is 48.5 Å². The summed E-state index contributed by atoms with van der Waals surface area (Å²) in [6.07, 6.45) is -4.76. The largest absolute Gasteiger partial charge is 0.573 e. The van der Waals surface area contributed by atoms with Gasteiger partial charge in [-0.1, -0.05) is 42.5 Å². The molecule has 0 spiro atoms. The molecule has 1 saturated heterocycles. The van der Waals surface area contributed by atoms with E-state index in [0.29, 0.717) is 12.1 Å². The molecule has 6 nitrogen and oxygen atoms in total. The fraction of sp³-hybridized carbons (Fsp3) is 0.435. The number of ether oxygens (including phenoxy) is 2. The number of hydrogen-bond acceptors (Lipinski definition) is 5. The van der Waals surface area contributed by atoms with E-state index in [1.54, 1.807) is 24.1 Å². The van der Waals surface area contributed by atoms with Crippen molar-refractivity contribution in [2.24, 2.45) is 0 Å². The number of alkyl halides is 3. The SMILES string of the molecule is CN(CC(=O)NCc1ccccc1CN1CCOCC1)Cc1ccccc1OC(F)(F)F. The molecule has 0 saturated carbocycles. The molecule has 1 aliphatic rings. The first-order valence-electron chi connectivity index (χ1n) is 10.5. The Labute approximate surface area is 185 Å². The first kappa shape index (κ1) is 24.0. The zero-order valence-corrected chi connectivity index (χ0v) is 18.0. The lowest BCUT2D eigenvalue weighted by molar-refractivity contribution is -0.275. The Balaban J connectivity index is 1.51. The van der Waals surface area contributed by atoms with Crippen LogP contribution in [0, 0.1) is 0 Å². The van der Waals surface area contributed by atoms with Gasteiger partial charge in [0.25, 0.3) is 0 Å². The zero-order chi connectivity index (χ0) is 23.0. The zero-order valence-electron chi connectivity index (χ0n) is 18.0. The second-order valence-electron chi connectivity index (χ2n) is 7.76. The molecule has 2 aromatic rings. The maximum absolute atomic E-state index is 12.6. The fourth-order valence-electron chi connectivity index (χ4n) is 3.58. The van der Waals surface area contributed by atoms with Crippen molar-refractivity contribution in [2.75, 3.05) is 39.9 Å². The smallest absolute Gasteiger partial charge is 0.405 e. The van der Waals surface area contributed by atoms with Gasteiger partial charge < -0.3 is 14.8 Å². The van der Waals surface area contributed by atoms with E-state index < -0.39 is 6.36 Å². The number of likely N-dealkylation sites (N-methyl/N-ethyl adjacent to an activating group) is 1. The van der Waals surface area contributed by atoms with Gasteiger partial charge in [0.2, 0.25) is 5.91 Å². The van der Waals surface area contributed by atoms with E-state index in [1.165, 1.54) is 12.1 Å². The van der Waals surface area contributed by atoms with Crippen LogP contribution in [-0.2, 0) is 29.2 Å². The Hall–Kier alpha value is -2.62. The molecule has 9 heteroatoms. The first-order valence-corrected chi connectivity index (χ1v) is 10.5. The van der Waals surface area contributed by atoms with E-state index >= 15 is 0 Å². The maximum atomic E-state index is 12.6. The molecular weight excluding hydrogens is 423 g/mol. The average Bonchev–Trinajstić information content (AvgIpc) is 2.74. The third kappa shape index (κ3) is 7.81. The van der Waals surface area contributed by atoms with Crippen molar-refractivity contribution < 1.29 is 27.4 Å². The number of nitrogens with zero attached hydrogens (tertiary/aromatic N) is 2. The lowest BCUT2D eigenvalue weighted by Crippen LogP contribution is -2.36. The molecule has 0 aromatic heterocycles. The highest BCUT2D eigenvalue weighted by atomic mass is 19.4. The number of nitrogens with one attached hydrogen (secondary N) is 1. The molecular formula is C23H28F3N3O3. The molecule has 0 radical (unpaired) electrons. The van der Waals surface area contributed by atoms with Gasteiger partial charge in [0.1, 0.15) is 5.75 Å². The van der Waals surface area contributed by atoms with Crippen molar-refractivity contribution in [1.29, 1.82) is 0 Å². The van der Waals surface area contributed by atoms with E-state index in [9.17, 15) is 18.0 Å². The molecule has 0 unspecified atom stereocenters. The highest BCUT2D eigenvalue weighted by Gasteiger charge is 2.32. The van der Waals surface area contributed by atoms with Crippen LogP contribution in [0.3, 0.4) is 0 Å². The van der Waals surface area contributed by atoms with E-state index in [1.807, 2.05) is 18.2 Å². The minimum absolute atomic E-state index is 0.0476. The van der Waals surface area contributed by atoms with Gasteiger partial charge in [-0.05, 0) is 24.2 Å². The quantitative estimate of drug-likeness (QED) is 0.635. The van der Waals surface area contributed by atoms with E-state index in [4.69, 9.17) is 4.74 Å². The lowest BCUT2D eigenvalue weighted by atomic mass is 10.1. The summed E-state index contributed by atoms with van der Waals surface area (Å²) >= 11 is 0. The Morgan fingerprint density at radius 3 is 2.38 bits per heavy atom. The summed E-state index contributed by atoms with van der Waals surface area (Å²) in [5, 5.41) is 2.91. The predicted molar refractivity (Wildman–Crippen MR) is 114 cm³/mol. The van der Waals surface area contributed by atoms with E-state index in [2.05, 4.69) is 21.0 Å². The number of amides is 1. The number of rotatable bonds is 9. The molecule has 2 aromatic carbocycles. The van der Waals surface area contributed by atoms with Crippen LogP contribution in [-0.4, -0.2) is 62.0 Å². The highest BCUT2D eigenvalue weighted by Crippen LogP contribution is 2.26. The van der Waals surface area contributed by atoms with Crippen LogP contribution in [0.4, 0.5) is 13.2 Å². The van der Waals surface area contributed by atoms with Crippen molar-refractivity contribution in [3.8, 4) is 5.75 Å². The first-order chi connectivity index (χ1) is 15.3. The molecule has 0 bridgehead atoms. The molecule has 1 fully saturated rings.